The summed E-state index contributed by atoms with van der Waals surface area (Å²) in [6.45, 7) is 3.70. The SMILES string of the molecule is Cc1ccc(-c2cc(C(=O)N[C@@H](C)c3ccncc3F)cc(C3=NO[C@H](c4ccccn4)C3)c2)nc1. The van der Waals surface area contributed by atoms with Gasteiger partial charge in [-0.2, -0.15) is 0 Å². The van der Waals surface area contributed by atoms with Gasteiger partial charge in [0.25, 0.3) is 5.91 Å². The van der Waals surface area contributed by atoms with Crippen LogP contribution < -0.4 is 5.32 Å². The Bertz CT molecular complexity index is 1420. The summed E-state index contributed by atoms with van der Waals surface area (Å²) in [6, 6.07) is 16.0. The fourth-order valence-electron chi connectivity index (χ4n) is 4.08. The number of halogens is 1. The summed E-state index contributed by atoms with van der Waals surface area (Å²) >= 11 is 0. The van der Waals surface area contributed by atoms with E-state index in [-0.39, 0.29) is 12.0 Å². The number of aromatic nitrogens is 3. The van der Waals surface area contributed by atoms with Crippen LogP contribution in [0, 0.1) is 12.7 Å². The maximum absolute atomic E-state index is 14.2. The third-order valence-electron chi connectivity index (χ3n) is 6.04. The first-order valence-corrected chi connectivity index (χ1v) is 11.6. The van der Waals surface area contributed by atoms with Crippen LogP contribution in [0.3, 0.4) is 0 Å². The zero-order valence-electron chi connectivity index (χ0n) is 19.9. The summed E-state index contributed by atoms with van der Waals surface area (Å²) in [5.41, 5.74) is 5.56. The molecule has 8 heteroatoms. The normalized spacial score (nSPS) is 15.6. The molecule has 4 heterocycles. The zero-order valence-corrected chi connectivity index (χ0v) is 19.9. The van der Waals surface area contributed by atoms with E-state index in [2.05, 4.69) is 25.4 Å². The van der Waals surface area contributed by atoms with Gasteiger partial charge in [0.05, 0.1) is 29.3 Å². The third kappa shape index (κ3) is 4.98. The molecule has 0 unspecified atom stereocenters. The Morgan fingerprint density at radius 1 is 1.06 bits per heavy atom. The molecule has 0 spiro atoms. The molecule has 0 bridgehead atoms. The average molecular weight is 482 g/mol. The maximum atomic E-state index is 14.2. The minimum Gasteiger partial charge on any atom is -0.385 e. The van der Waals surface area contributed by atoms with Gasteiger partial charge >= 0.3 is 0 Å². The van der Waals surface area contributed by atoms with Crippen molar-refractivity contribution in [2.45, 2.75) is 32.4 Å². The molecule has 0 radical (unpaired) electrons. The van der Waals surface area contributed by atoms with Crippen LogP contribution in [0.25, 0.3) is 11.3 Å². The van der Waals surface area contributed by atoms with Gasteiger partial charge in [0.2, 0.25) is 0 Å². The molecule has 0 saturated carbocycles. The highest BCUT2D eigenvalue weighted by Crippen LogP contribution is 2.30. The predicted molar refractivity (Wildman–Crippen MR) is 134 cm³/mol. The second-order valence-electron chi connectivity index (χ2n) is 8.70. The topological polar surface area (TPSA) is 89.4 Å². The molecule has 4 aromatic rings. The molecular weight excluding hydrogens is 457 g/mol. The first-order chi connectivity index (χ1) is 17.5. The monoisotopic (exact) mass is 481 g/mol. The molecule has 1 aliphatic heterocycles. The van der Waals surface area contributed by atoms with Gasteiger partial charge in [0.15, 0.2) is 6.10 Å². The molecule has 1 aromatic carbocycles. The van der Waals surface area contributed by atoms with Crippen LogP contribution in [0.2, 0.25) is 0 Å². The number of hydrogen-bond donors (Lipinski definition) is 1. The van der Waals surface area contributed by atoms with E-state index in [9.17, 15) is 9.18 Å². The Hall–Kier alpha value is -4.46. The fraction of sp³-hybridized carbons (Fsp3) is 0.179. The first kappa shape index (κ1) is 23.3. The molecule has 0 aliphatic carbocycles. The lowest BCUT2D eigenvalue weighted by atomic mass is 9.96. The molecule has 7 nitrogen and oxygen atoms in total. The van der Waals surface area contributed by atoms with Crippen LogP contribution in [0.15, 0.2) is 84.5 Å². The van der Waals surface area contributed by atoms with Crippen molar-refractivity contribution in [1.29, 1.82) is 0 Å². The number of nitrogens with one attached hydrogen (secondary N) is 1. The molecular formula is C28H24FN5O2. The molecule has 36 heavy (non-hydrogen) atoms. The van der Waals surface area contributed by atoms with E-state index in [1.165, 1.54) is 6.20 Å². The predicted octanol–water partition coefficient (Wildman–Crippen LogP) is 5.34. The van der Waals surface area contributed by atoms with E-state index >= 15 is 0 Å². The fourth-order valence-corrected chi connectivity index (χ4v) is 4.08. The molecule has 1 amide bonds. The first-order valence-electron chi connectivity index (χ1n) is 11.6. The van der Waals surface area contributed by atoms with Crippen molar-refractivity contribution in [3.63, 3.8) is 0 Å². The van der Waals surface area contributed by atoms with E-state index in [0.29, 0.717) is 23.3 Å². The van der Waals surface area contributed by atoms with Gasteiger partial charge < -0.3 is 10.2 Å². The highest BCUT2D eigenvalue weighted by atomic mass is 19.1. The summed E-state index contributed by atoms with van der Waals surface area (Å²) in [6.07, 6.45) is 6.35. The second-order valence-corrected chi connectivity index (χ2v) is 8.70. The van der Waals surface area contributed by atoms with Gasteiger partial charge in [0.1, 0.15) is 5.82 Å². The Morgan fingerprint density at radius 3 is 2.67 bits per heavy atom. The van der Waals surface area contributed by atoms with Gasteiger partial charge in [-0.15, -0.1) is 0 Å². The number of amides is 1. The van der Waals surface area contributed by atoms with Gasteiger partial charge in [0, 0.05) is 47.3 Å². The van der Waals surface area contributed by atoms with E-state index in [1.807, 2.05) is 43.3 Å². The van der Waals surface area contributed by atoms with E-state index in [1.54, 1.807) is 37.5 Å². The highest BCUT2D eigenvalue weighted by molar-refractivity contribution is 6.05. The number of aryl methyl sites for hydroxylation is 1. The number of carbonyl (C=O) groups excluding carboxylic acids is 1. The average Bonchev–Trinajstić information content (AvgIpc) is 3.40. The molecule has 1 N–H and O–H groups in total. The number of hydrogen-bond acceptors (Lipinski definition) is 6. The zero-order chi connectivity index (χ0) is 25.1. The summed E-state index contributed by atoms with van der Waals surface area (Å²) < 4.78 is 14.2. The summed E-state index contributed by atoms with van der Waals surface area (Å²) in [4.78, 5) is 31.6. The maximum Gasteiger partial charge on any atom is 0.251 e. The standard InChI is InChI=1S/C28H24FN5O2/c1-17-6-7-24(32-15-17)19-11-20(26-14-27(36-34-26)25-5-3-4-9-31-25)13-21(12-19)28(35)33-18(2)22-8-10-30-16-23(22)29/h3-13,15-16,18,27H,14H2,1-2H3,(H,33,35)/t18-,27-/m0/s1. The largest absolute Gasteiger partial charge is 0.385 e. The van der Waals surface area contributed by atoms with Gasteiger partial charge in [-0.3, -0.25) is 19.7 Å². The number of benzene rings is 1. The van der Waals surface area contributed by atoms with E-state index in [0.717, 1.165) is 34.3 Å². The number of pyridine rings is 3. The summed E-state index contributed by atoms with van der Waals surface area (Å²) in [7, 11) is 0. The van der Waals surface area contributed by atoms with Crippen molar-refractivity contribution in [3.8, 4) is 11.3 Å². The molecule has 0 saturated heterocycles. The lowest BCUT2D eigenvalue weighted by Gasteiger charge is -2.16. The van der Waals surface area contributed by atoms with Crippen molar-refractivity contribution < 1.29 is 14.0 Å². The van der Waals surface area contributed by atoms with Crippen LogP contribution in [-0.2, 0) is 4.84 Å². The van der Waals surface area contributed by atoms with E-state index in [4.69, 9.17) is 4.84 Å². The van der Waals surface area contributed by atoms with Crippen molar-refractivity contribution in [2.75, 3.05) is 0 Å². The molecule has 3 aromatic heterocycles. The summed E-state index contributed by atoms with van der Waals surface area (Å²) in [5.74, 6) is -0.809. The number of carbonyl (C=O) groups is 1. The quantitative estimate of drug-likeness (QED) is 0.401. The molecule has 180 valence electrons. The smallest absolute Gasteiger partial charge is 0.251 e. The minimum atomic E-state index is -0.550. The van der Waals surface area contributed by atoms with Crippen molar-refractivity contribution >= 4 is 11.6 Å². The van der Waals surface area contributed by atoms with Crippen LogP contribution in [-0.4, -0.2) is 26.6 Å². The van der Waals surface area contributed by atoms with Crippen molar-refractivity contribution in [2.24, 2.45) is 5.16 Å². The van der Waals surface area contributed by atoms with Crippen LogP contribution in [0.5, 0.6) is 0 Å². The Balaban J connectivity index is 1.46. The van der Waals surface area contributed by atoms with Crippen LogP contribution >= 0.6 is 0 Å². The van der Waals surface area contributed by atoms with Crippen molar-refractivity contribution in [1.82, 2.24) is 20.3 Å². The molecule has 5 rings (SSSR count). The van der Waals surface area contributed by atoms with Crippen LogP contribution in [0.1, 0.15) is 58.2 Å². The highest BCUT2D eigenvalue weighted by Gasteiger charge is 2.26. The van der Waals surface area contributed by atoms with Gasteiger partial charge in [-0.1, -0.05) is 17.3 Å². The Labute approximate surface area is 208 Å². The van der Waals surface area contributed by atoms with Gasteiger partial charge in [-0.05, 0) is 61.9 Å². The number of nitrogens with zero attached hydrogens (tertiary/aromatic N) is 4. The number of rotatable bonds is 6. The third-order valence-corrected chi connectivity index (χ3v) is 6.04. The lowest BCUT2D eigenvalue weighted by Crippen LogP contribution is -2.27. The Morgan fingerprint density at radius 2 is 1.92 bits per heavy atom. The minimum absolute atomic E-state index is 0.297. The number of oxime groups is 1. The Kier molecular flexibility index (Phi) is 6.49. The van der Waals surface area contributed by atoms with E-state index < -0.39 is 11.9 Å². The summed E-state index contributed by atoms with van der Waals surface area (Å²) in [5, 5.41) is 7.19. The molecule has 0 fully saturated rings. The molecule has 1 aliphatic rings. The van der Waals surface area contributed by atoms with Crippen LogP contribution in [0.4, 0.5) is 4.39 Å². The van der Waals surface area contributed by atoms with Crippen molar-refractivity contribution in [3.05, 3.63) is 113 Å². The lowest BCUT2D eigenvalue weighted by molar-refractivity contribution is 0.0826. The second kappa shape index (κ2) is 10.0. The molecule has 2 atom stereocenters. The van der Waals surface area contributed by atoms with Gasteiger partial charge in [-0.25, -0.2) is 4.39 Å².